The zero-order valence-corrected chi connectivity index (χ0v) is 12.0. The highest BCUT2D eigenvalue weighted by Gasteiger charge is 2.19. The highest BCUT2D eigenvalue weighted by Crippen LogP contribution is 2.27. The molecule has 4 nitrogen and oxygen atoms in total. The number of aromatic nitrogens is 1. The lowest BCUT2D eigenvalue weighted by Gasteiger charge is -2.25. The van der Waals surface area contributed by atoms with E-state index in [9.17, 15) is 0 Å². The van der Waals surface area contributed by atoms with Gasteiger partial charge >= 0.3 is 0 Å². The first kappa shape index (κ1) is 14.7. The van der Waals surface area contributed by atoms with Crippen molar-refractivity contribution in [3.63, 3.8) is 0 Å². The van der Waals surface area contributed by atoms with Crippen LogP contribution in [0.4, 0.5) is 5.82 Å². The number of nitrogens with zero attached hydrogens (tertiary/aromatic N) is 2. The van der Waals surface area contributed by atoms with Crippen LogP contribution in [0.5, 0.6) is 5.75 Å². The molecular formula is C16H22N2O2. The Morgan fingerprint density at radius 2 is 2.50 bits per heavy atom. The summed E-state index contributed by atoms with van der Waals surface area (Å²) in [7, 11) is 0. The van der Waals surface area contributed by atoms with Gasteiger partial charge < -0.3 is 14.4 Å². The molecule has 1 fully saturated rings. The van der Waals surface area contributed by atoms with Crippen molar-refractivity contribution in [3.8, 4) is 18.1 Å². The fraction of sp³-hybridized carbons (Fsp3) is 0.562. The Labute approximate surface area is 121 Å². The molecule has 0 bridgehead atoms. The Morgan fingerprint density at radius 1 is 1.60 bits per heavy atom. The van der Waals surface area contributed by atoms with Crippen molar-refractivity contribution in [1.29, 1.82) is 0 Å². The van der Waals surface area contributed by atoms with E-state index >= 15 is 0 Å². The molecule has 1 atom stereocenters. The lowest BCUT2D eigenvalue weighted by Crippen LogP contribution is -2.31. The smallest absolute Gasteiger partial charge is 0.171 e. The summed E-state index contributed by atoms with van der Waals surface area (Å²) in [4.78, 5) is 6.73. The fourth-order valence-corrected chi connectivity index (χ4v) is 2.28. The van der Waals surface area contributed by atoms with Gasteiger partial charge in [0.25, 0.3) is 0 Å². The van der Waals surface area contributed by atoms with Crippen LogP contribution in [0.15, 0.2) is 18.3 Å². The second-order valence-electron chi connectivity index (χ2n) is 4.96. The molecule has 1 saturated heterocycles. The molecule has 4 heteroatoms. The van der Waals surface area contributed by atoms with E-state index < -0.39 is 0 Å². The van der Waals surface area contributed by atoms with Crippen LogP contribution in [0.3, 0.4) is 0 Å². The number of anilines is 1. The van der Waals surface area contributed by atoms with Gasteiger partial charge in [0.05, 0.1) is 12.7 Å². The number of hydrogen-bond acceptors (Lipinski definition) is 4. The van der Waals surface area contributed by atoms with Crippen molar-refractivity contribution < 1.29 is 9.47 Å². The normalized spacial score (nSPS) is 19.2. The largest absolute Gasteiger partial charge is 0.490 e. The Morgan fingerprint density at radius 3 is 3.35 bits per heavy atom. The van der Waals surface area contributed by atoms with E-state index in [4.69, 9.17) is 15.9 Å². The summed E-state index contributed by atoms with van der Waals surface area (Å²) in [6.45, 7) is 5.32. The standard InChI is InChI=1S/C16H22N2O2/c1-3-4-5-11-20-15-8-6-9-17-16(15)18-10-7-12-19-14(2)13-18/h1,6,8-9,14H,4-5,7,10-13H2,2H3/t14-/m1/s1. The summed E-state index contributed by atoms with van der Waals surface area (Å²) in [6.07, 6.45) is 9.89. The molecule has 2 rings (SSSR count). The van der Waals surface area contributed by atoms with Crippen molar-refractivity contribution >= 4 is 5.82 Å². The third kappa shape index (κ3) is 4.14. The third-order valence-electron chi connectivity index (χ3n) is 3.23. The first-order valence-electron chi connectivity index (χ1n) is 7.19. The number of ether oxygens (including phenoxy) is 2. The summed E-state index contributed by atoms with van der Waals surface area (Å²) < 4.78 is 11.5. The maximum atomic E-state index is 5.83. The minimum atomic E-state index is 0.216. The van der Waals surface area contributed by atoms with E-state index in [-0.39, 0.29) is 6.10 Å². The van der Waals surface area contributed by atoms with Gasteiger partial charge in [-0.05, 0) is 31.9 Å². The minimum absolute atomic E-state index is 0.216. The summed E-state index contributed by atoms with van der Waals surface area (Å²) in [5.41, 5.74) is 0. The molecule has 0 aliphatic carbocycles. The van der Waals surface area contributed by atoms with E-state index in [1.54, 1.807) is 6.20 Å². The topological polar surface area (TPSA) is 34.6 Å². The van der Waals surface area contributed by atoms with E-state index in [0.717, 1.165) is 50.5 Å². The number of unbranched alkanes of at least 4 members (excludes halogenated alkanes) is 1. The van der Waals surface area contributed by atoms with Gasteiger partial charge in [0.2, 0.25) is 0 Å². The molecule has 20 heavy (non-hydrogen) atoms. The van der Waals surface area contributed by atoms with Crippen LogP contribution >= 0.6 is 0 Å². The van der Waals surface area contributed by atoms with Crippen LogP contribution < -0.4 is 9.64 Å². The van der Waals surface area contributed by atoms with E-state index in [0.29, 0.717) is 6.61 Å². The highest BCUT2D eigenvalue weighted by atomic mass is 16.5. The zero-order valence-electron chi connectivity index (χ0n) is 12.0. The second kappa shape index (κ2) is 7.76. The monoisotopic (exact) mass is 274 g/mol. The molecule has 0 unspecified atom stereocenters. The Hall–Kier alpha value is -1.73. The lowest BCUT2D eigenvalue weighted by atomic mass is 10.3. The molecule has 0 radical (unpaired) electrons. The predicted molar refractivity (Wildman–Crippen MR) is 80.0 cm³/mol. The molecule has 1 aromatic heterocycles. The number of pyridine rings is 1. The first-order chi connectivity index (χ1) is 9.81. The van der Waals surface area contributed by atoms with Crippen LogP contribution in [-0.4, -0.2) is 37.4 Å². The maximum absolute atomic E-state index is 5.83. The van der Waals surface area contributed by atoms with Crippen molar-refractivity contribution in [1.82, 2.24) is 4.98 Å². The molecule has 0 saturated carbocycles. The second-order valence-corrected chi connectivity index (χ2v) is 4.96. The first-order valence-corrected chi connectivity index (χ1v) is 7.19. The molecule has 1 aliphatic rings. The molecule has 2 heterocycles. The van der Waals surface area contributed by atoms with Crippen LogP contribution in [0.25, 0.3) is 0 Å². The molecule has 0 N–H and O–H groups in total. The molecule has 0 spiro atoms. The lowest BCUT2D eigenvalue weighted by molar-refractivity contribution is 0.0820. The number of rotatable bonds is 5. The van der Waals surface area contributed by atoms with Gasteiger partial charge in [-0.15, -0.1) is 12.3 Å². The molecule has 0 amide bonds. The maximum Gasteiger partial charge on any atom is 0.171 e. The van der Waals surface area contributed by atoms with Crippen molar-refractivity contribution in [2.45, 2.75) is 32.3 Å². The Bertz CT molecular complexity index is 456. The third-order valence-corrected chi connectivity index (χ3v) is 3.23. The molecular weight excluding hydrogens is 252 g/mol. The summed E-state index contributed by atoms with van der Waals surface area (Å²) >= 11 is 0. The van der Waals surface area contributed by atoms with Gasteiger partial charge in [-0.1, -0.05) is 0 Å². The van der Waals surface area contributed by atoms with E-state index in [1.165, 1.54) is 0 Å². The van der Waals surface area contributed by atoms with Crippen LogP contribution in [-0.2, 0) is 4.74 Å². The SMILES string of the molecule is C#CCCCOc1cccnc1N1CCCO[C@H](C)C1. The average Bonchev–Trinajstić information content (AvgIpc) is 2.69. The molecule has 0 aromatic carbocycles. The Balaban J connectivity index is 2.04. The van der Waals surface area contributed by atoms with Gasteiger partial charge in [-0.2, -0.15) is 0 Å². The fourth-order valence-electron chi connectivity index (χ4n) is 2.28. The summed E-state index contributed by atoms with van der Waals surface area (Å²) in [5.74, 6) is 4.36. The zero-order chi connectivity index (χ0) is 14.2. The predicted octanol–water partition coefficient (Wildman–Crippen LogP) is 2.49. The minimum Gasteiger partial charge on any atom is -0.490 e. The molecule has 1 aliphatic heterocycles. The number of hydrogen-bond donors (Lipinski definition) is 0. The van der Waals surface area contributed by atoms with Crippen LogP contribution in [0.2, 0.25) is 0 Å². The van der Waals surface area contributed by atoms with Gasteiger partial charge in [0.1, 0.15) is 0 Å². The van der Waals surface area contributed by atoms with Crippen molar-refractivity contribution in [2.75, 3.05) is 31.2 Å². The molecule has 1 aromatic rings. The summed E-state index contributed by atoms with van der Waals surface area (Å²) in [5, 5.41) is 0. The van der Waals surface area contributed by atoms with E-state index in [2.05, 4.69) is 22.7 Å². The van der Waals surface area contributed by atoms with Gasteiger partial charge in [-0.3, -0.25) is 0 Å². The summed E-state index contributed by atoms with van der Waals surface area (Å²) in [6, 6.07) is 3.87. The van der Waals surface area contributed by atoms with Crippen LogP contribution in [0, 0.1) is 12.3 Å². The van der Waals surface area contributed by atoms with E-state index in [1.807, 2.05) is 12.1 Å². The number of terminal acetylenes is 1. The Kier molecular flexibility index (Phi) is 5.69. The average molecular weight is 274 g/mol. The van der Waals surface area contributed by atoms with Gasteiger partial charge in [0, 0.05) is 32.3 Å². The van der Waals surface area contributed by atoms with Gasteiger partial charge in [0.15, 0.2) is 11.6 Å². The van der Waals surface area contributed by atoms with Gasteiger partial charge in [-0.25, -0.2) is 4.98 Å². The van der Waals surface area contributed by atoms with Crippen LogP contribution in [0.1, 0.15) is 26.2 Å². The van der Waals surface area contributed by atoms with Crippen molar-refractivity contribution in [3.05, 3.63) is 18.3 Å². The quantitative estimate of drug-likeness (QED) is 0.610. The van der Waals surface area contributed by atoms with Crippen molar-refractivity contribution in [2.24, 2.45) is 0 Å². The molecule has 108 valence electrons. The highest BCUT2D eigenvalue weighted by molar-refractivity contribution is 5.52.